The first-order valence-electron chi connectivity index (χ1n) is 10.1. The van der Waals surface area contributed by atoms with Gasteiger partial charge < -0.3 is 32.9 Å². The molecule has 1 aliphatic heterocycles. The SMILES string of the molecule is COc1cc(/C=C\C(=O)OCc2cc(-c3ccc4c(c3)OCCO4)on2)cc(OC)c1OC. The molecule has 1 aliphatic rings. The van der Waals surface area contributed by atoms with Gasteiger partial charge in [0.1, 0.15) is 25.5 Å². The highest BCUT2D eigenvalue weighted by Gasteiger charge is 2.15. The second-order valence-electron chi connectivity index (χ2n) is 6.94. The van der Waals surface area contributed by atoms with Crippen molar-refractivity contribution in [3.63, 3.8) is 0 Å². The number of benzene rings is 2. The van der Waals surface area contributed by atoms with E-state index in [1.807, 2.05) is 18.2 Å². The summed E-state index contributed by atoms with van der Waals surface area (Å²) in [6.07, 6.45) is 2.90. The Morgan fingerprint density at radius 2 is 1.70 bits per heavy atom. The minimum absolute atomic E-state index is 0.0352. The fourth-order valence-electron chi connectivity index (χ4n) is 3.27. The topological polar surface area (TPSA) is 98.5 Å². The van der Waals surface area contributed by atoms with Crippen LogP contribution in [0.2, 0.25) is 0 Å². The maximum Gasteiger partial charge on any atom is 0.331 e. The Labute approximate surface area is 190 Å². The highest BCUT2D eigenvalue weighted by atomic mass is 16.6. The Morgan fingerprint density at radius 1 is 0.970 bits per heavy atom. The number of hydrogen-bond acceptors (Lipinski definition) is 9. The zero-order valence-corrected chi connectivity index (χ0v) is 18.5. The molecule has 9 nitrogen and oxygen atoms in total. The maximum atomic E-state index is 12.2. The highest BCUT2D eigenvalue weighted by Crippen LogP contribution is 2.38. The summed E-state index contributed by atoms with van der Waals surface area (Å²) in [6, 6.07) is 10.7. The molecule has 33 heavy (non-hydrogen) atoms. The van der Waals surface area contributed by atoms with Crippen LogP contribution < -0.4 is 23.7 Å². The molecule has 0 saturated heterocycles. The Balaban J connectivity index is 1.38. The summed E-state index contributed by atoms with van der Waals surface area (Å²) in [5, 5.41) is 3.96. The normalized spacial score (nSPS) is 12.5. The molecule has 4 rings (SSSR count). The number of nitrogens with zero attached hydrogens (tertiary/aromatic N) is 1. The number of carbonyl (C=O) groups excluding carboxylic acids is 1. The monoisotopic (exact) mass is 453 g/mol. The molecule has 2 heterocycles. The molecule has 0 aliphatic carbocycles. The van der Waals surface area contributed by atoms with Crippen molar-refractivity contribution in [1.29, 1.82) is 0 Å². The molecule has 0 amide bonds. The van der Waals surface area contributed by atoms with Crippen LogP contribution in [0.3, 0.4) is 0 Å². The van der Waals surface area contributed by atoms with Crippen LogP contribution in [0.4, 0.5) is 0 Å². The van der Waals surface area contributed by atoms with Gasteiger partial charge >= 0.3 is 5.97 Å². The third-order valence-electron chi connectivity index (χ3n) is 4.85. The van der Waals surface area contributed by atoms with E-state index in [1.165, 1.54) is 27.4 Å². The Bertz CT molecular complexity index is 1140. The fraction of sp³-hybridized carbons (Fsp3) is 0.250. The summed E-state index contributed by atoms with van der Waals surface area (Å²) in [6.45, 7) is 0.988. The molecule has 0 unspecified atom stereocenters. The first kappa shape index (κ1) is 22.1. The number of rotatable bonds is 8. The van der Waals surface area contributed by atoms with Gasteiger partial charge in [-0.2, -0.15) is 0 Å². The Kier molecular flexibility index (Phi) is 6.68. The Morgan fingerprint density at radius 3 is 2.39 bits per heavy atom. The second-order valence-corrected chi connectivity index (χ2v) is 6.94. The van der Waals surface area contributed by atoms with E-state index in [2.05, 4.69) is 5.16 Å². The lowest BCUT2D eigenvalue weighted by atomic mass is 10.1. The van der Waals surface area contributed by atoms with Gasteiger partial charge in [0, 0.05) is 17.7 Å². The molecular formula is C24H23NO8. The summed E-state index contributed by atoms with van der Waals surface area (Å²) >= 11 is 0. The van der Waals surface area contributed by atoms with Crippen molar-refractivity contribution in [2.24, 2.45) is 0 Å². The van der Waals surface area contributed by atoms with Gasteiger partial charge in [-0.25, -0.2) is 4.79 Å². The molecule has 2 aromatic carbocycles. The van der Waals surface area contributed by atoms with Crippen LogP contribution in [0.25, 0.3) is 17.4 Å². The molecule has 1 aromatic heterocycles. The van der Waals surface area contributed by atoms with E-state index in [9.17, 15) is 4.79 Å². The van der Waals surface area contributed by atoms with Crippen molar-refractivity contribution in [3.05, 3.63) is 53.7 Å². The average molecular weight is 453 g/mol. The van der Waals surface area contributed by atoms with E-state index in [-0.39, 0.29) is 6.61 Å². The molecule has 0 N–H and O–H groups in total. The summed E-state index contributed by atoms with van der Waals surface area (Å²) in [5.74, 6) is 2.79. The van der Waals surface area contributed by atoms with Gasteiger partial charge in [0.25, 0.3) is 0 Å². The molecule has 172 valence electrons. The molecular weight excluding hydrogens is 430 g/mol. The number of aromatic nitrogens is 1. The van der Waals surface area contributed by atoms with E-state index in [4.69, 9.17) is 32.9 Å². The van der Waals surface area contributed by atoms with Crippen LogP contribution in [-0.2, 0) is 16.1 Å². The molecule has 0 bridgehead atoms. The lowest BCUT2D eigenvalue weighted by molar-refractivity contribution is -0.139. The third kappa shape index (κ3) is 5.03. The van der Waals surface area contributed by atoms with Crippen molar-refractivity contribution in [2.45, 2.75) is 6.61 Å². The van der Waals surface area contributed by atoms with E-state index >= 15 is 0 Å². The average Bonchev–Trinajstić information content (AvgIpc) is 3.34. The molecule has 3 aromatic rings. The van der Waals surface area contributed by atoms with Crippen LogP contribution in [0, 0.1) is 0 Å². The van der Waals surface area contributed by atoms with Gasteiger partial charge in [0.05, 0.1) is 21.3 Å². The van der Waals surface area contributed by atoms with Crippen LogP contribution >= 0.6 is 0 Å². The number of methoxy groups -OCH3 is 3. The lowest BCUT2D eigenvalue weighted by Gasteiger charge is -2.18. The van der Waals surface area contributed by atoms with Gasteiger partial charge in [-0.3, -0.25) is 0 Å². The highest BCUT2D eigenvalue weighted by molar-refractivity contribution is 5.87. The van der Waals surface area contributed by atoms with Crippen molar-refractivity contribution in [2.75, 3.05) is 34.5 Å². The van der Waals surface area contributed by atoms with Gasteiger partial charge in [0.2, 0.25) is 5.75 Å². The number of hydrogen-bond donors (Lipinski definition) is 0. The maximum absolute atomic E-state index is 12.2. The number of carbonyl (C=O) groups is 1. The second kappa shape index (κ2) is 9.99. The summed E-state index contributed by atoms with van der Waals surface area (Å²) < 4.78 is 37.7. The first-order chi connectivity index (χ1) is 16.1. The van der Waals surface area contributed by atoms with E-state index in [0.717, 1.165) is 5.56 Å². The van der Waals surface area contributed by atoms with Crippen molar-refractivity contribution in [3.8, 4) is 40.1 Å². The summed E-state index contributed by atoms with van der Waals surface area (Å²) in [4.78, 5) is 12.2. The van der Waals surface area contributed by atoms with Crippen molar-refractivity contribution in [1.82, 2.24) is 5.16 Å². The summed E-state index contributed by atoms with van der Waals surface area (Å²) in [7, 11) is 4.57. The lowest BCUT2D eigenvalue weighted by Crippen LogP contribution is -2.15. The Hall–Kier alpha value is -4.14. The zero-order chi connectivity index (χ0) is 23.2. The minimum atomic E-state index is -0.535. The van der Waals surface area contributed by atoms with Crippen LogP contribution in [-0.4, -0.2) is 45.7 Å². The largest absolute Gasteiger partial charge is 0.493 e. The predicted molar refractivity (Wildman–Crippen MR) is 118 cm³/mol. The number of fused-ring (bicyclic) bond motifs is 1. The fourth-order valence-corrected chi connectivity index (χ4v) is 3.27. The first-order valence-corrected chi connectivity index (χ1v) is 10.1. The van der Waals surface area contributed by atoms with Crippen LogP contribution in [0.15, 0.2) is 47.0 Å². The molecule has 0 saturated carbocycles. The van der Waals surface area contributed by atoms with E-state index < -0.39 is 5.97 Å². The van der Waals surface area contributed by atoms with Gasteiger partial charge in [-0.1, -0.05) is 5.16 Å². The molecule has 0 spiro atoms. The predicted octanol–water partition coefficient (Wildman–Crippen LogP) is 3.90. The van der Waals surface area contributed by atoms with E-state index in [1.54, 1.807) is 24.3 Å². The van der Waals surface area contributed by atoms with Crippen molar-refractivity contribution >= 4 is 12.0 Å². The minimum Gasteiger partial charge on any atom is -0.493 e. The summed E-state index contributed by atoms with van der Waals surface area (Å²) in [5.41, 5.74) is 1.95. The van der Waals surface area contributed by atoms with Crippen molar-refractivity contribution < 1.29 is 37.7 Å². The van der Waals surface area contributed by atoms with Crippen LogP contribution in [0.5, 0.6) is 28.7 Å². The third-order valence-corrected chi connectivity index (χ3v) is 4.85. The standard InChI is InChI=1S/C24H23NO8/c1-27-21-10-15(11-22(28-2)24(21)29-3)4-7-23(26)32-14-17-13-19(33-25-17)16-5-6-18-20(12-16)31-9-8-30-18/h4-7,10-13H,8-9,14H2,1-3H3/b7-4-. The quantitative estimate of drug-likeness (QED) is 0.371. The van der Waals surface area contributed by atoms with Gasteiger partial charge in [-0.15, -0.1) is 0 Å². The molecule has 0 atom stereocenters. The van der Waals surface area contributed by atoms with Gasteiger partial charge in [0.15, 0.2) is 28.8 Å². The number of esters is 1. The van der Waals surface area contributed by atoms with Gasteiger partial charge in [-0.05, 0) is 42.0 Å². The smallest absolute Gasteiger partial charge is 0.331 e. The molecule has 0 radical (unpaired) electrons. The molecule has 0 fully saturated rings. The zero-order valence-electron chi connectivity index (χ0n) is 18.5. The number of ether oxygens (including phenoxy) is 6. The van der Waals surface area contributed by atoms with E-state index in [0.29, 0.717) is 59.0 Å². The van der Waals surface area contributed by atoms with Crippen LogP contribution in [0.1, 0.15) is 11.3 Å². The molecule has 9 heteroatoms.